The molecule has 0 saturated carbocycles. The average molecular weight is 394 g/mol. The van der Waals surface area contributed by atoms with Crippen LogP contribution in [-0.2, 0) is 20.7 Å². The molecule has 2 amide bonds. The van der Waals surface area contributed by atoms with Gasteiger partial charge >= 0.3 is 5.97 Å². The number of carbonyl (C=O) groups excluding carboxylic acids is 3. The zero-order valence-corrected chi connectivity index (χ0v) is 17.0. The molecular formula is C23H26N2O4. The first-order valence-electron chi connectivity index (χ1n) is 9.82. The number of hydrogen-bond donors (Lipinski definition) is 1. The Morgan fingerprint density at radius 1 is 1.17 bits per heavy atom. The first kappa shape index (κ1) is 20.6. The standard InChI is InChI=1S/C23H26N2O4/c1-15-7-6-9-19(13-15)22(27)24-12-11-21(26)29-17(3)23(28)25-16(2)14-18-8-4-5-10-20(18)25/h4-10,13,16-17H,11-12,14H2,1-3H3,(H,24,27)/t16-,17-/m1/s1. The van der Waals surface area contributed by atoms with Crippen molar-refractivity contribution >= 4 is 23.5 Å². The first-order chi connectivity index (χ1) is 13.9. The molecule has 29 heavy (non-hydrogen) atoms. The number of nitrogens with one attached hydrogen (secondary N) is 1. The van der Waals surface area contributed by atoms with Gasteiger partial charge in [0, 0.05) is 23.8 Å². The second kappa shape index (κ2) is 8.90. The predicted octanol–water partition coefficient (Wildman–Crippen LogP) is 3.02. The van der Waals surface area contributed by atoms with Gasteiger partial charge in [0.2, 0.25) is 0 Å². The third kappa shape index (κ3) is 4.83. The molecule has 6 heteroatoms. The molecule has 0 bridgehead atoms. The largest absolute Gasteiger partial charge is 0.452 e. The molecule has 2 atom stereocenters. The van der Waals surface area contributed by atoms with Crippen molar-refractivity contribution in [1.29, 1.82) is 0 Å². The SMILES string of the molecule is Cc1cccc(C(=O)NCCC(=O)O[C@H](C)C(=O)N2c3ccccc3C[C@H]2C)c1. The number of esters is 1. The smallest absolute Gasteiger partial charge is 0.308 e. The Kier molecular flexibility index (Phi) is 6.32. The Morgan fingerprint density at radius 3 is 2.69 bits per heavy atom. The second-order valence-corrected chi connectivity index (χ2v) is 7.40. The summed E-state index contributed by atoms with van der Waals surface area (Å²) >= 11 is 0. The number of carbonyl (C=O) groups is 3. The molecular weight excluding hydrogens is 368 g/mol. The Labute approximate surface area is 170 Å². The third-order valence-corrected chi connectivity index (χ3v) is 5.00. The molecule has 1 aliphatic rings. The number of anilines is 1. The summed E-state index contributed by atoms with van der Waals surface area (Å²) in [6.45, 7) is 5.62. The fourth-order valence-electron chi connectivity index (χ4n) is 3.57. The van der Waals surface area contributed by atoms with Crippen molar-refractivity contribution in [3.63, 3.8) is 0 Å². The molecule has 6 nitrogen and oxygen atoms in total. The molecule has 1 aliphatic heterocycles. The highest BCUT2D eigenvalue weighted by molar-refractivity contribution is 5.99. The second-order valence-electron chi connectivity index (χ2n) is 7.40. The van der Waals surface area contributed by atoms with Crippen LogP contribution in [0.5, 0.6) is 0 Å². The number of benzene rings is 2. The van der Waals surface area contributed by atoms with E-state index in [-0.39, 0.29) is 30.8 Å². The van der Waals surface area contributed by atoms with Crippen molar-refractivity contribution in [3.05, 3.63) is 65.2 Å². The molecule has 0 saturated heterocycles. The average Bonchev–Trinajstić information content (AvgIpc) is 3.02. The van der Waals surface area contributed by atoms with Crippen molar-refractivity contribution in [2.75, 3.05) is 11.4 Å². The van der Waals surface area contributed by atoms with Gasteiger partial charge in [-0.3, -0.25) is 14.4 Å². The van der Waals surface area contributed by atoms with Gasteiger partial charge in [-0.25, -0.2) is 0 Å². The van der Waals surface area contributed by atoms with E-state index in [1.165, 1.54) is 0 Å². The number of rotatable bonds is 6. The normalized spacial score (nSPS) is 16.1. The van der Waals surface area contributed by atoms with E-state index in [9.17, 15) is 14.4 Å². The van der Waals surface area contributed by atoms with E-state index in [1.54, 1.807) is 24.0 Å². The summed E-state index contributed by atoms with van der Waals surface area (Å²) in [5.41, 5.74) is 3.52. The Hall–Kier alpha value is -3.15. The van der Waals surface area contributed by atoms with Gasteiger partial charge < -0.3 is 15.0 Å². The molecule has 1 N–H and O–H groups in total. The highest BCUT2D eigenvalue weighted by atomic mass is 16.5. The minimum absolute atomic E-state index is 0.00131. The van der Waals surface area contributed by atoms with Crippen LogP contribution in [0.3, 0.4) is 0 Å². The molecule has 3 rings (SSSR count). The van der Waals surface area contributed by atoms with Crippen molar-refractivity contribution in [1.82, 2.24) is 5.32 Å². The van der Waals surface area contributed by atoms with Crippen molar-refractivity contribution in [2.45, 2.75) is 45.8 Å². The molecule has 0 radical (unpaired) electrons. The summed E-state index contributed by atoms with van der Waals surface area (Å²) in [6, 6.07) is 15.0. The van der Waals surface area contributed by atoms with E-state index < -0.39 is 12.1 Å². The number of nitrogens with zero attached hydrogens (tertiary/aromatic N) is 1. The van der Waals surface area contributed by atoms with E-state index in [4.69, 9.17) is 4.74 Å². The monoisotopic (exact) mass is 394 g/mol. The number of amides is 2. The van der Waals surface area contributed by atoms with E-state index in [0.29, 0.717) is 5.56 Å². The van der Waals surface area contributed by atoms with Crippen molar-refractivity contribution in [3.8, 4) is 0 Å². The molecule has 0 spiro atoms. The maximum atomic E-state index is 12.8. The van der Waals surface area contributed by atoms with Crippen LogP contribution in [0.25, 0.3) is 0 Å². The van der Waals surface area contributed by atoms with Crippen LogP contribution in [0.4, 0.5) is 5.69 Å². The lowest BCUT2D eigenvalue weighted by atomic mass is 10.1. The van der Waals surface area contributed by atoms with Crippen LogP contribution >= 0.6 is 0 Å². The van der Waals surface area contributed by atoms with Gasteiger partial charge in [-0.2, -0.15) is 0 Å². The van der Waals surface area contributed by atoms with Gasteiger partial charge in [0.15, 0.2) is 6.10 Å². The van der Waals surface area contributed by atoms with Gasteiger partial charge in [-0.05, 0) is 51.0 Å². The summed E-state index contributed by atoms with van der Waals surface area (Å²) < 4.78 is 5.31. The Bertz CT molecular complexity index is 925. The molecule has 0 aliphatic carbocycles. The van der Waals surface area contributed by atoms with Crippen LogP contribution in [-0.4, -0.2) is 36.5 Å². The van der Waals surface area contributed by atoms with Crippen LogP contribution in [0, 0.1) is 6.92 Å². The first-order valence-corrected chi connectivity index (χ1v) is 9.82. The highest BCUT2D eigenvalue weighted by Crippen LogP contribution is 2.32. The summed E-state index contributed by atoms with van der Waals surface area (Å²) in [5.74, 6) is -0.997. The van der Waals surface area contributed by atoms with E-state index >= 15 is 0 Å². The van der Waals surface area contributed by atoms with Crippen LogP contribution in [0.1, 0.15) is 41.8 Å². The maximum Gasteiger partial charge on any atom is 0.308 e. The molecule has 2 aromatic carbocycles. The van der Waals surface area contributed by atoms with Gasteiger partial charge in [-0.15, -0.1) is 0 Å². The number of para-hydroxylation sites is 1. The lowest BCUT2D eigenvalue weighted by Crippen LogP contribution is -2.43. The van der Waals surface area contributed by atoms with Crippen LogP contribution < -0.4 is 10.2 Å². The van der Waals surface area contributed by atoms with Crippen molar-refractivity contribution < 1.29 is 19.1 Å². The van der Waals surface area contributed by atoms with Gasteiger partial charge in [-0.1, -0.05) is 35.9 Å². The number of hydrogen-bond acceptors (Lipinski definition) is 4. The highest BCUT2D eigenvalue weighted by Gasteiger charge is 2.34. The topological polar surface area (TPSA) is 75.7 Å². The molecule has 0 fully saturated rings. The minimum atomic E-state index is -0.886. The lowest BCUT2D eigenvalue weighted by Gasteiger charge is -2.26. The Morgan fingerprint density at radius 2 is 1.93 bits per heavy atom. The summed E-state index contributed by atoms with van der Waals surface area (Å²) in [7, 11) is 0. The van der Waals surface area contributed by atoms with E-state index in [2.05, 4.69) is 5.32 Å². The zero-order chi connectivity index (χ0) is 21.0. The third-order valence-electron chi connectivity index (χ3n) is 5.00. The maximum absolute atomic E-state index is 12.8. The number of ether oxygens (including phenoxy) is 1. The molecule has 2 aromatic rings. The quantitative estimate of drug-likeness (QED) is 0.764. The van der Waals surface area contributed by atoms with Gasteiger partial charge in [0.05, 0.1) is 6.42 Å². The van der Waals surface area contributed by atoms with Gasteiger partial charge in [0.1, 0.15) is 0 Å². The molecule has 1 heterocycles. The van der Waals surface area contributed by atoms with Crippen LogP contribution in [0.15, 0.2) is 48.5 Å². The summed E-state index contributed by atoms with van der Waals surface area (Å²) in [6.07, 6.45) is -0.0990. The number of aryl methyl sites for hydroxylation is 1. The van der Waals surface area contributed by atoms with E-state index in [0.717, 1.165) is 23.2 Å². The zero-order valence-electron chi connectivity index (χ0n) is 17.0. The fraction of sp³-hybridized carbons (Fsp3) is 0.348. The molecule has 152 valence electrons. The van der Waals surface area contributed by atoms with Crippen LogP contribution in [0.2, 0.25) is 0 Å². The summed E-state index contributed by atoms with van der Waals surface area (Å²) in [4.78, 5) is 38.8. The predicted molar refractivity (Wildman–Crippen MR) is 111 cm³/mol. The molecule has 0 unspecified atom stereocenters. The summed E-state index contributed by atoms with van der Waals surface area (Å²) in [5, 5.41) is 2.70. The lowest BCUT2D eigenvalue weighted by molar-refractivity contribution is -0.153. The minimum Gasteiger partial charge on any atom is -0.452 e. The Balaban J connectivity index is 1.49. The van der Waals surface area contributed by atoms with Gasteiger partial charge in [0.25, 0.3) is 11.8 Å². The van der Waals surface area contributed by atoms with Crippen molar-refractivity contribution in [2.24, 2.45) is 0 Å². The molecule has 0 aromatic heterocycles. The van der Waals surface area contributed by atoms with E-state index in [1.807, 2.05) is 50.2 Å². The fourth-order valence-corrected chi connectivity index (χ4v) is 3.57. The number of fused-ring (bicyclic) bond motifs is 1.